The number of hydrogen-bond acceptors (Lipinski definition) is 5. The molecular weight excluding hydrogens is 272 g/mol. The van der Waals surface area contributed by atoms with Crippen LogP contribution in [0.1, 0.15) is 10.4 Å². The van der Waals surface area contributed by atoms with Gasteiger partial charge in [-0.15, -0.1) is 0 Å². The molecule has 0 bridgehead atoms. The first-order chi connectivity index (χ1) is 10.1. The summed E-state index contributed by atoms with van der Waals surface area (Å²) in [5.41, 5.74) is 1.80. The number of hydrogen-bond donors (Lipinski definition) is 1. The molecular formula is C14H16N4O3. The van der Waals surface area contributed by atoms with Gasteiger partial charge in [0.25, 0.3) is 0 Å². The summed E-state index contributed by atoms with van der Waals surface area (Å²) in [5, 5.41) is 13.5. The minimum absolute atomic E-state index is 0.207. The first-order valence-electron chi connectivity index (χ1n) is 6.70. The predicted molar refractivity (Wildman–Crippen MR) is 76.4 cm³/mol. The molecule has 110 valence electrons. The summed E-state index contributed by atoms with van der Waals surface area (Å²) in [4.78, 5) is 17.8. The van der Waals surface area contributed by atoms with Crippen LogP contribution in [-0.4, -0.2) is 52.1 Å². The third-order valence-electron chi connectivity index (χ3n) is 3.45. The minimum Gasteiger partial charge on any atom is -0.478 e. The maximum atomic E-state index is 11.5. The number of aryl methyl sites for hydroxylation is 1. The Morgan fingerprint density at radius 2 is 2.05 bits per heavy atom. The van der Waals surface area contributed by atoms with Crippen LogP contribution in [0.5, 0.6) is 0 Å². The van der Waals surface area contributed by atoms with Gasteiger partial charge in [-0.2, -0.15) is 5.10 Å². The molecule has 2 aromatic rings. The van der Waals surface area contributed by atoms with Crippen molar-refractivity contribution in [1.29, 1.82) is 0 Å². The van der Waals surface area contributed by atoms with Crippen molar-refractivity contribution in [2.24, 2.45) is 7.05 Å². The molecule has 0 amide bonds. The maximum Gasteiger partial charge on any atom is 0.339 e. The first kappa shape index (κ1) is 13.6. The van der Waals surface area contributed by atoms with Crippen LogP contribution in [0.25, 0.3) is 11.1 Å². The minimum atomic E-state index is -0.977. The number of carboxylic acids is 1. The molecule has 3 rings (SSSR count). The van der Waals surface area contributed by atoms with E-state index < -0.39 is 5.97 Å². The van der Waals surface area contributed by atoms with E-state index in [1.54, 1.807) is 23.1 Å². The van der Waals surface area contributed by atoms with Crippen LogP contribution in [0.15, 0.2) is 24.7 Å². The standard InChI is InChI=1S/C14H16N4O3/c1-17-9-11(8-16-17)10-6-12(14(19)20)13(15-7-10)18-2-4-21-5-3-18/h6-9H,2-5H2,1H3,(H,19,20). The zero-order chi connectivity index (χ0) is 14.8. The molecule has 21 heavy (non-hydrogen) atoms. The number of morpholine rings is 1. The number of carboxylic acid groups (broad SMARTS) is 1. The van der Waals surface area contributed by atoms with Crippen LogP contribution < -0.4 is 4.90 Å². The average molecular weight is 288 g/mol. The number of rotatable bonds is 3. The molecule has 0 unspecified atom stereocenters. The molecule has 7 heteroatoms. The van der Waals surface area contributed by atoms with Gasteiger partial charge in [0.15, 0.2) is 0 Å². The van der Waals surface area contributed by atoms with E-state index in [1.807, 2.05) is 18.1 Å². The Hall–Kier alpha value is -2.41. The van der Waals surface area contributed by atoms with Crippen LogP contribution in [0.3, 0.4) is 0 Å². The fraction of sp³-hybridized carbons (Fsp3) is 0.357. The fourth-order valence-corrected chi connectivity index (χ4v) is 2.37. The molecule has 3 heterocycles. The molecule has 1 aliphatic rings. The van der Waals surface area contributed by atoms with E-state index in [1.165, 1.54) is 0 Å². The highest BCUT2D eigenvalue weighted by Crippen LogP contribution is 2.25. The van der Waals surface area contributed by atoms with Crippen molar-refractivity contribution in [3.63, 3.8) is 0 Å². The lowest BCUT2D eigenvalue weighted by Gasteiger charge is -2.28. The maximum absolute atomic E-state index is 11.5. The molecule has 1 fully saturated rings. The summed E-state index contributed by atoms with van der Waals surface area (Å²) in [6.45, 7) is 2.48. The van der Waals surface area contributed by atoms with Crippen molar-refractivity contribution in [3.05, 3.63) is 30.2 Å². The van der Waals surface area contributed by atoms with Crippen molar-refractivity contribution < 1.29 is 14.6 Å². The van der Waals surface area contributed by atoms with Gasteiger partial charge < -0.3 is 14.7 Å². The summed E-state index contributed by atoms with van der Waals surface area (Å²) in [5.74, 6) is -0.479. The van der Waals surface area contributed by atoms with E-state index in [-0.39, 0.29) is 5.56 Å². The van der Waals surface area contributed by atoms with Crippen LogP contribution in [-0.2, 0) is 11.8 Å². The Bertz CT molecular complexity index is 662. The van der Waals surface area contributed by atoms with Gasteiger partial charge >= 0.3 is 5.97 Å². The van der Waals surface area contributed by atoms with Crippen molar-refractivity contribution >= 4 is 11.8 Å². The van der Waals surface area contributed by atoms with Gasteiger partial charge in [0, 0.05) is 43.7 Å². The number of aromatic carboxylic acids is 1. The summed E-state index contributed by atoms with van der Waals surface area (Å²) >= 11 is 0. The quantitative estimate of drug-likeness (QED) is 0.908. The molecule has 0 aromatic carbocycles. The Morgan fingerprint density at radius 1 is 1.29 bits per heavy atom. The Kier molecular flexibility index (Phi) is 3.57. The van der Waals surface area contributed by atoms with E-state index >= 15 is 0 Å². The van der Waals surface area contributed by atoms with Crippen LogP contribution in [0.4, 0.5) is 5.82 Å². The van der Waals surface area contributed by atoms with E-state index in [4.69, 9.17) is 4.74 Å². The van der Waals surface area contributed by atoms with Gasteiger partial charge in [-0.1, -0.05) is 0 Å². The van der Waals surface area contributed by atoms with Crippen LogP contribution >= 0.6 is 0 Å². The number of nitrogens with zero attached hydrogens (tertiary/aromatic N) is 4. The Balaban J connectivity index is 2.00. The van der Waals surface area contributed by atoms with E-state index in [9.17, 15) is 9.90 Å². The number of carbonyl (C=O) groups is 1. The van der Waals surface area contributed by atoms with Crippen LogP contribution in [0.2, 0.25) is 0 Å². The molecule has 2 aromatic heterocycles. The summed E-state index contributed by atoms with van der Waals surface area (Å²) < 4.78 is 6.96. The zero-order valence-electron chi connectivity index (χ0n) is 11.7. The lowest BCUT2D eigenvalue weighted by Crippen LogP contribution is -2.37. The van der Waals surface area contributed by atoms with Gasteiger partial charge in [-0.05, 0) is 6.07 Å². The molecule has 0 saturated carbocycles. The molecule has 0 radical (unpaired) electrons. The summed E-state index contributed by atoms with van der Waals surface area (Å²) in [6.07, 6.45) is 5.21. The number of ether oxygens (including phenoxy) is 1. The monoisotopic (exact) mass is 288 g/mol. The molecule has 1 N–H and O–H groups in total. The zero-order valence-corrected chi connectivity index (χ0v) is 11.7. The van der Waals surface area contributed by atoms with Gasteiger partial charge in [-0.3, -0.25) is 4.68 Å². The molecule has 1 aliphatic heterocycles. The number of anilines is 1. The second kappa shape index (κ2) is 5.53. The smallest absolute Gasteiger partial charge is 0.339 e. The first-order valence-corrected chi connectivity index (χ1v) is 6.70. The lowest BCUT2D eigenvalue weighted by molar-refractivity contribution is 0.0696. The van der Waals surface area contributed by atoms with E-state index in [0.29, 0.717) is 32.1 Å². The highest BCUT2D eigenvalue weighted by atomic mass is 16.5. The summed E-state index contributed by atoms with van der Waals surface area (Å²) in [7, 11) is 1.82. The lowest BCUT2D eigenvalue weighted by atomic mass is 10.1. The van der Waals surface area contributed by atoms with Gasteiger partial charge in [0.05, 0.1) is 19.4 Å². The summed E-state index contributed by atoms with van der Waals surface area (Å²) in [6, 6.07) is 1.65. The molecule has 1 saturated heterocycles. The Morgan fingerprint density at radius 3 is 2.67 bits per heavy atom. The fourth-order valence-electron chi connectivity index (χ4n) is 2.37. The normalized spacial score (nSPS) is 15.2. The Labute approximate surface area is 121 Å². The second-order valence-corrected chi connectivity index (χ2v) is 4.90. The molecule has 0 spiro atoms. The highest BCUT2D eigenvalue weighted by molar-refractivity contribution is 5.94. The number of pyridine rings is 1. The SMILES string of the molecule is Cn1cc(-c2cnc(N3CCOCC3)c(C(=O)O)c2)cn1. The average Bonchev–Trinajstić information content (AvgIpc) is 2.94. The predicted octanol–water partition coefficient (Wildman–Crippen LogP) is 1.02. The van der Waals surface area contributed by atoms with Crippen molar-refractivity contribution in [2.75, 3.05) is 31.2 Å². The third kappa shape index (κ3) is 2.73. The number of aromatic nitrogens is 3. The largest absolute Gasteiger partial charge is 0.478 e. The van der Waals surface area contributed by atoms with E-state index in [0.717, 1.165) is 11.1 Å². The molecule has 7 nitrogen and oxygen atoms in total. The second-order valence-electron chi connectivity index (χ2n) is 4.90. The third-order valence-corrected chi connectivity index (χ3v) is 3.45. The van der Waals surface area contributed by atoms with Crippen molar-refractivity contribution in [1.82, 2.24) is 14.8 Å². The van der Waals surface area contributed by atoms with Gasteiger partial charge in [0.1, 0.15) is 11.4 Å². The molecule has 0 aliphatic carbocycles. The van der Waals surface area contributed by atoms with Gasteiger partial charge in [-0.25, -0.2) is 9.78 Å². The highest BCUT2D eigenvalue weighted by Gasteiger charge is 2.20. The molecule has 0 atom stereocenters. The van der Waals surface area contributed by atoms with Crippen molar-refractivity contribution in [3.8, 4) is 11.1 Å². The van der Waals surface area contributed by atoms with Crippen molar-refractivity contribution in [2.45, 2.75) is 0 Å². The van der Waals surface area contributed by atoms with E-state index in [2.05, 4.69) is 10.1 Å². The van der Waals surface area contributed by atoms with Gasteiger partial charge in [0.2, 0.25) is 0 Å². The van der Waals surface area contributed by atoms with Crippen LogP contribution in [0, 0.1) is 0 Å². The topological polar surface area (TPSA) is 80.5 Å².